The standard InChI is InChI=1S/C9H9F2NO3/c1-3(12)7(13)4-2-5(10)9(15)6(11)8(4)14/h2-3,14-15H,12H2,1H3. The maximum atomic E-state index is 12.9. The van der Waals surface area contributed by atoms with E-state index in [1.54, 1.807) is 0 Å². The smallest absolute Gasteiger partial charge is 0.210 e. The molecular weight excluding hydrogens is 208 g/mol. The predicted molar refractivity (Wildman–Crippen MR) is 47.7 cm³/mol. The van der Waals surface area contributed by atoms with Crippen molar-refractivity contribution >= 4 is 5.78 Å². The Labute approximate surface area is 83.9 Å². The van der Waals surface area contributed by atoms with E-state index in [1.165, 1.54) is 6.92 Å². The van der Waals surface area contributed by atoms with E-state index in [-0.39, 0.29) is 0 Å². The van der Waals surface area contributed by atoms with Crippen LogP contribution in [0.2, 0.25) is 0 Å². The van der Waals surface area contributed by atoms with Gasteiger partial charge in [0.25, 0.3) is 0 Å². The molecule has 0 fully saturated rings. The number of hydrogen-bond acceptors (Lipinski definition) is 4. The first-order chi connectivity index (χ1) is 6.86. The molecule has 4 N–H and O–H groups in total. The summed E-state index contributed by atoms with van der Waals surface area (Å²) >= 11 is 0. The summed E-state index contributed by atoms with van der Waals surface area (Å²) in [5.74, 6) is -6.14. The van der Waals surface area contributed by atoms with Gasteiger partial charge in [0.05, 0.1) is 11.6 Å². The minimum absolute atomic E-state index is 0.541. The van der Waals surface area contributed by atoms with Crippen molar-refractivity contribution in [2.75, 3.05) is 0 Å². The van der Waals surface area contributed by atoms with E-state index in [4.69, 9.17) is 15.9 Å². The Hall–Kier alpha value is -1.69. The number of halogens is 2. The lowest BCUT2D eigenvalue weighted by Gasteiger charge is -2.08. The van der Waals surface area contributed by atoms with Crippen LogP contribution < -0.4 is 5.73 Å². The Bertz CT molecular complexity index is 418. The lowest BCUT2D eigenvalue weighted by molar-refractivity contribution is 0.0963. The SMILES string of the molecule is CC(N)C(=O)c1cc(F)c(O)c(F)c1O. The molecule has 0 aliphatic rings. The van der Waals surface area contributed by atoms with E-state index in [1.807, 2.05) is 0 Å². The Morgan fingerprint density at radius 2 is 1.93 bits per heavy atom. The zero-order valence-electron chi connectivity index (χ0n) is 7.79. The van der Waals surface area contributed by atoms with Gasteiger partial charge in [-0.05, 0) is 13.0 Å². The zero-order chi connectivity index (χ0) is 11.7. The minimum Gasteiger partial charge on any atom is -0.504 e. The van der Waals surface area contributed by atoms with Crippen LogP contribution in [-0.2, 0) is 0 Å². The van der Waals surface area contributed by atoms with Gasteiger partial charge < -0.3 is 15.9 Å². The summed E-state index contributed by atoms with van der Waals surface area (Å²) in [6.07, 6.45) is 0. The fourth-order valence-electron chi connectivity index (χ4n) is 1.03. The molecule has 0 heterocycles. The third-order valence-corrected chi connectivity index (χ3v) is 1.85. The number of carbonyl (C=O) groups excluding carboxylic acids is 1. The average molecular weight is 217 g/mol. The summed E-state index contributed by atoms with van der Waals surface area (Å²) in [6, 6.07) is -0.460. The molecular formula is C9H9F2NO3. The molecule has 0 aromatic heterocycles. The highest BCUT2D eigenvalue weighted by Gasteiger charge is 2.23. The third-order valence-electron chi connectivity index (χ3n) is 1.85. The van der Waals surface area contributed by atoms with Crippen molar-refractivity contribution in [3.63, 3.8) is 0 Å². The lowest BCUT2D eigenvalue weighted by Crippen LogP contribution is -2.27. The quantitative estimate of drug-likeness (QED) is 0.643. The van der Waals surface area contributed by atoms with Gasteiger partial charge in [-0.1, -0.05) is 0 Å². The van der Waals surface area contributed by atoms with Crippen molar-refractivity contribution in [1.29, 1.82) is 0 Å². The predicted octanol–water partition coefficient (Wildman–Crippen LogP) is 0.906. The molecule has 82 valence electrons. The Morgan fingerprint density at radius 3 is 2.40 bits per heavy atom. The van der Waals surface area contributed by atoms with Crippen LogP contribution in [0.5, 0.6) is 11.5 Å². The van der Waals surface area contributed by atoms with Gasteiger partial charge >= 0.3 is 0 Å². The van der Waals surface area contributed by atoms with Gasteiger partial charge in [0, 0.05) is 0 Å². The van der Waals surface area contributed by atoms with Crippen LogP contribution in [0.15, 0.2) is 6.07 Å². The zero-order valence-corrected chi connectivity index (χ0v) is 7.79. The highest BCUT2D eigenvalue weighted by Crippen LogP contribution is 2.31. The summed E-state index contributed by atoms with van der Waals surface area (Å²) < 4.78 is 25.8. The number of aromatic hydroxyl groups is 2. The van der Waals surface area contributed by atoms with Crippen molar-refractivity contribution in [2.24, 2.45) is 5.73 Å². The van der Waals surface area contributed by atoms with Crippen LogP contribution in [0, 0.1) is 11.6 Å². The Balaban J connectivity index is 3.39. The average Bonchev–Trinajstić information content (AvgIpc) is 2.19. The summed E-state index contributed by atoms with van der Waals surface area (Å²) in [4.78, 5) is 11.3. The first kappa shape index (κ1) is 11.4. The van der Waals surface area contributed by atoms with Crippen LogP contribution in [0.3, 0.4) is 0 Å². The van der Waals surface area contributed by atoms with Gasteiger partial charge in [0.15, 0.2) is 23.1 Å². The van der Waals surface area contributed by atoms with Crippen molar-refractivity contribution < 1.29 is 23.8 Å². The van der Waals surface area contributed by atoms with Crippen molar-refractivity contribution in [1.82, 2.24) is 0 Å². The van der Waals surface area contributed by atoms with Gasteiger partial charge in [0.1, 0.15) is 0 Å². The van der Waals surface area contributed by atoms with E-state index < -0.39 is 40.5 Å². The monoisotopic (exact) mass is 217 g/mol. The van der Waals surface area contributed by atoms with Gasteiger partial charge in [-0.2, -0.15) is 4.39 Å². The topological polar surface area (TPSA) is 83.6 Å². The molecule has 0 radical (unpaired) electrons. The van der Waals surface area contributed by atoms with Crippen molar-refractivity contribution in [2.45, 2.75) is 13.0 Å². The van der Waals surface area contributed by atoms with Gasteiger partial charge in [-0.15, -0.1) is 0 Å². The molecule has 0 spiro atoms. The number of nitrogens with two attached hydrogens (primary N) is 1. The molecule has 1 aromatic carbocycles. The second-order valence-corrected chi connectivity index (χ2v) is 3.07. The molecule has 1 rings (SSSR count). The molecule has 1 atom stereocenters. The van der Waals surface area contributed by atoms with Crippen molar-refractivity contribution in [3.8, 4) is 11.5 Å². The third kappa shape index (κ3) is 1.89. The van der Waals surface area contributed by atoms with Gasteiger partial charge in [-0.25, -0.2) is 4.39 Å². The lowest BCUT2D eigenvalue weighted by atomic mass is 10.0. The number of benzene rings is 1. The molecule has 0 aliphatic heterocycles. The largest absolute Gasteiger partial charge is 0.504 e. The first-order valence-electron chi connectivity index (χ1n) is 4.06. The maximum Gasteiger partial charge on any atom is 0.210 e. The molecule has 0 bridgehead atoms. The van der Waals surface area contributed by atoms with E-state index in [2.05, 4.69) is 0 Å². The number of phenols is 2. The molecule has 0 amide bonds. The molecule has 1 unspecified atom stereocenters. The summed E-state index contributed by atoms with van der Waals surface area (Å²) in [5, 5.41) is 17.9. The summed E-state index contributed by atoms with van der Waals surface area (Å²) in [6.45, 7) is 1.31. The van der Waals surface area contributed by atoms with E-state index in [0.29, 0.717) is 6.07 Å². The first-order valence-corrected chi connectivity index (χ1v) is 4.06. The van der Waals surface area contributed by atoms with Crippen LogP contribution in [0.4, 0.5) is 8.78 Å². The van der Waals surface area contributed by atoms with E-state index in [9.17, 15) is 13.6 Å². The van der Waals surface area contributed by atoms with Crippen LogP contribution in [0.1, 0.15) is 17.3 Å². The van der Waals surface area contributed by atoms with Gasteiger partial charge in [0.2, 0.25) is 5.82 Å². The van der Waals surface area contributed by atoms with Gasteiger partial charge in [-0.3, -0.25) is 4.79 Å². The number of hydrogen-bond donors (Lipinski definition) is 3. The highest BCUT2D eigenvalue weighted by atomic mass is 19.1. The highest BCUT2D eigenvalue weighted by molar-refractivity contribution is 6.02. The minimum atomic E-state index is -1.57. The van der Waals surface area contributed by atoms with Crippen LogP contribution >= 0.6 is 0 Å². The normalized spacial score (nSPS) is 12.5. The fourth-order valence-corrected chi connectivity index (χ4v) is 1.03. The van der Waals surface area contributed by atoms with Crippen LogP contribution in [0.25, 0.3) is 0 Å². The molecule has 6 heteroatoms. The molecule has 0 saturated heterocycles. The number of rotatable bonds is 2. The second-order valence-electron chi connectivity index (χ2n) is 3.07. The maximum absolute atomic E-state index is 12.9. The number of ketones is 1. The second kappa shape index (κ2) is 3.82. The summed E-state index contributed by atoms with van der Waals surface area (Å²) in [7, 11) is 0. The fraction of sp³-hybridized carbons (Fsp3) is 0.222. The molecule has 4 nitrogen and oxygen atoms in total. The van der Waals surface area contributed by atoms with E-state index >= 15 is 0 Å². The van der Waals surface area contributed by atoms with E-state index in [0.717, 1.165) is 0 Å². The molecule has 0 aliphatic carbocycles. The number of Topliss-reactive ketones (excluding diaryl/α,β-unsaturated/α-hetero) is 1. The van der Waals surface area contributed by atoms with Crippen molar-refractivity contribution in [3.05, 3.63) is 23.3 Å². The summed E-state index contributed by atoms with van der Waals surface area (Å²) in [5.41, 5.74) is 4.62. The molecule has 15 heavy (non-hydrogen) atoms. The Morgan fingerprint density at radius 1 is 1.40 bits per heavy atom. The molecule has 1 aromatic rings. The van der Waals surface area contributed by atoms with Crippen LogP contribution in [-0.4, -0.2) is 22.0 Å². The number of phenolic OH excluding ortho intramolecular Hbond substituents is 2. The molecule has 0 saturated carbocycles. The number of carbonyl (C=O) groups is 1. The Kier molecular flexibility index (Phi) is 2.90.